The second-order valence-electron chi connectivity index (χ2n) is 6.60. The van der Waals surface area contributed by atoms with Crippen molar-refractivity contribution in [2.75, 3.05) is 31.1 Å². The second kappa shape index (κ2) is 7.88. The van der Waals surface area contributed by atoms with Crippen LogP contribution in [-0.4, -0.2) is 46.3 Å². The van der Waals surface area contributed by atoms with E-state index in [1.165, 1.54) is 17.1 Å². The SMILES string of the molecule is CCc1ccc(C(=O)N2CCN(c3nc(-c4ccccc4)ns3)CC2)cc1. The first-order chi connectivity index (χ1) is 13.2. The van der Waals surface area contributed by atoms with Gasteiger partial charge in [-0.05, 0) is 24.1 Å². The van der Waals surface area contributed by atoms with Gasteiger partial charge in [0, 0.05) is 48.8 Å². The van der Waals surface area contributed by atoms with Gasteiger partial charge in [0.05, 0.1) is 0 Å². The third-order valence-electron chi connectivity index (χ3n) is 4.89. The van der Waals surface area contributed by atoms with Gasteiger partial charge < -0.3 is 9.80 Å². The van der Waals surface area contributed by atoms with Crippen LogP contribution in [0, 0.1) is 0 Å². The Bertz CT molecular complexity index is 899. The van der Waals surface area contributed by atoms with E-state index < -0.39 is 0 Å². The Balaban J connectivity index is 1.39. The summed E-state index contributed by atoms with van der Waals surface area (Å²) in [6.45, 7) is 5.08. The minimum Gasteiger partial charge on any atom is -0.343 e. The highest BCUT2D eigenvalue weighted by Gasteiger charge is 2.24. The standard InChI is InChI=1S/C21H22N4OS/c1-2-16-8-10-18(11-9-16)20(26)24-12-14-25(15-13-24)21-22-19(23-27-21)17-6-4-3-5-7-17/h3-11H,2,12-15H2,1H3. The molecule has 27 heavy (non-hydrogen) atoms. The fourth-order valence-corrected chi connectivity index (χ4v) is 3.95. The summed E-state index contributed by atoms with van der Waals surface area (Å²) in [6, 6.07) is 18.0. The molecule has 2 heterocycles. The number of amides is 1. The molecular weight excluding hydrogens is 356 g/mol. The molecule has 5 nitrogen and oxygen atoms in total. The van der Waals surface area contributed by atoms with Crippen molar-refractivity contribution in [3.63, 3.8) is 0 Å². The third-order valence-corrected chi connectivity index (χ3v) is 5.67. The Hall–Kier alpha value is -2.73. The summed E-state index contributed by atoms with van der Waals surface area (Å²) in [6.07, 6.45) is 0.986. The van der Waals surface area contributed by atoms with Crippen molar-refractivity contribution < 1.29 is 4.79 Å². The summed E-state index contributed by atoms with van der Waals surface area (Å²) in [5, 5.41) is 0.924. The van der Waals surface area contributed by atoms with Crippen molar-refractivity contribution >= 4 is 22.6 Å². The maximum atomic E-state index is 12.7. The molecule has 0 radical (unpaired) electrons. The highest BCUT2D eigenvalue weighted by atomic mass is 32.1. The molecule has 0 bridgehead atoms. The fraction of sp³-hybridized carbons (Fsp3) is 0.286. The number of carbonyl (C=O) groups is 1. The van der Waals surface area contributed by atoms with E-state index in [0.29, 0.717) is 13.1 Å². The van der Waals surface area contributed by atoms with Crippen molar-refractivity contribution in [2.45, 2.75) is 13.3 Å². The molecule has 0 unspecified atom stereocenters. The summed E-state index contributed by atoms with van der Waals surface area (Å²) >= 11 is 1.42. The van der Waals surface area contributed by atoms with Crippen LogP contribution in [-0.2, 0) is 6.42 Å². The van der Waals surface area contributed by atoms with E-state index in [2.05, 4.69) is 21.2 Å². The summed E-state index contributed by atoms with van der Waals surface area (Å²) in [4.78, 5) is 21.5. The van der Waals surface area contributed by atoms with Gasteiger partial charge in [0.2, 0.25) is 5.13 Å². The number of benzene rings is 2. The lowest BCUT2D eigenvalue weighted by molar-refractivity contribution is 0.0747. The van der Waals surface area contributed by atoms with Gasteiger partial charge in [-0.3, -0.25) is 4.79 Å². The van der Waals surface area contributed by atoms with Crippen molar-refractivity contribution in [2.24, 2.45) is 0 Å². The first-order valence-corrected chi connectivity index (χ1v) is 10.0. The maximum Gasteiger partial charge on any atom is 0.253 e. The minimum absolute atomic E-state index is 0.111. The van der Waals surface area contributed by atoms with Crippen molar-refractivity contribution in [3.8, 4) is 11.4 Å². The monoisotopic (exact) mass is 378 g/mol. The molecule has 0 N–H and O–H groups in total. The van der Waals surface area contributed by atoms with Crippen LogP contribution in [0.4, 0.5) is 5.13 Å². The number of anilines is 1. The Morgan fingerprint density at radius 3 is 2.37 bits per heavy atom. The molecule has 1 fully saturated rings. The van der Waals surface area contributed by atoms with Gasteiger partial charge in [0.1, 0.15) is 0 Å². The molecule has 1 aliphatic heterocycles. The Morgan fingerprint density at radius 1 is 1.00 bits per heavy atom. The summed E-state index contributed by atoms with van der Waals surface area (Å²) in [7, 11) is 0. The van der Waals surface area contributed by atoms with E-state index in [9.17, 15) is 4.79 Å². The average molecular weight is 379 g/mol. The number of hydrogen-bond donors (Lipinski definition) is 0. The smallest absolute Gasteiger partial charge is 0.253 e. The number of hydrogen-bond acceptors (Lipinski definition) is 5. The molecular formula is C21H22N4OS. The van der Waals surface area contributed by atoms with E-state index >= 15 is 0 Å². The van der Waals surface area contributed by atoms with Gasteiger partial charge in [-0.15, -0.1) is 0 Å². The van der Waals surface area contributed by atoms with E-state index in [4.69, 9.17) is 0 Å². The van der Waals surface area contributed by atoms with Crippen LogP contribution in [0.25, 0.3) is 11.4 Å². The normalized spacial score (nSPS) is 14.4. The molecule has 0 saturated carbocycles. The Labute approximate surface area is 163 Å². The minimum atomic E-state index is 0.111. The zero-order valence-corrected chi connectivity index (χ0v) is 16.2. The van der Waals surface area contributed by atoms with Crippen LogP contribution in [0.15, 0.2) is 54.6 Å². The number of nitrogens with zero attached hydrogens (tertiary/aromatic N) is 4. The predicted octanol–water partition coefficient (Wildman–Crippen LogP) is 3.73. The van der Waals surface area contributed by atoms with E-state index in [0.717, 1.165) is 41.6 Å². The van der Waals surface area contributed by atoms with Gasteiger partial charge in [-0.1, -0.05) is 49.4 Å². The summed E-state index contributed by atoms with van der Waals surface area (Å²) in [5.74, 6) is 0.879. The number of rotatable bonds is 4. The molecule has 1 saturated heterocycles. The Morgan fingerprint density at radius 2 is 1.70 bits per heavy atom. The van der Waals surface area contributed by atoms with E-state index in [-0.39, 0.29) is 5.91 Å². The lowest BCUT2D eigenvalue weighted by atomic mass is 10.1. The number of aryl methyl sites for hydroxylation is 1. The third kappa shape index (κ3) is 3.85. The first kappa shape index (κ1) is 17.7. The molecule has 6 heteroatoms. The van der Waals surface area contributed by atoms with Crippen LogP contribution >= 0.6 is 11.5 Å². The lowest BCUT2D eigenvalue weighted by Gasteiger charge is -2.34. The summed E-state index contributed by atoms with van der Waals surface area (Å²) in [5.41, 5.74) is 3.05. The first-order valence-electron chi connectivity index (χ1n) is 9.27. The van der Waals surface area contributed by atoms with E-state index in [1.807, 2.05) is 59.5 Å². The number of piperazine rings is 1. The molecule has 3 aromatic rings. The highest BCUT2D eigenvalue weighted by molar-refractivity contribution is 7.09. The van der Waals surface area contributed by atoms with Crippen molar-refractivity contribution in [1.82, 2.24) is 14.3 Å². The summed E-state index contributed by atoms with van der Waals surface area (Å²) < 4.78 is 4.49. The van der Waals surface area contributed by atoms with Crippen LogP contribution < -0.4 is 4.90 Å². The topological polar surface area (TPSA) is 49.3 Å². The molecule has 0 atom stereocenters. The highest BCUT2D eigenvalue weighted by Crippen LogP contribution is 2.25. The molecule has 1 aromatic heterocycles. The molecule has 1 amide bonds. The zero-order chi connectivity index (χ0) is 18.6. The van der Waals surface area contributed by atoms with Crippen LogP contribution in [0.5, 0.6) is 0 Å². The van der Waals surface area contributed by atoms with Gasteiger partial charge in [0.15, 0.2) is 5.82 Å². The van der Waals surface area contributed by atoms with Gasteiger partial charge in [-0.25, -0.2) is 0 Å². The van der Waals surface area contributed by atoms with Crippen LogP contribution in [0.3, 0.4) is 0 Å². The largest absolute Gasteiger partial charge is 0.343 e. The maximum absolute atomic E-state index is 12.7. The molecule has 1 aliphatic rings. The Kier molecular flexibility index (Phi) is 5.16. The lowest BCUT2D eigenvalue weighted by Crippen LogP contribution is -2.48. The van der Waals surface area contributed by atoms with Crippen LogP contribution in [0.2, 0.25) is 0 Å². The molecule has 0 aliphatic carbocycles. The molecule has 4 rings (SSSR count). The van der Waals surface area contributed by atoms with Gasteiger partial charge in [0.25, 0.3) is 5.91 Å². The fourth-order valence-electron chi connectivity index (χ4n) is 3.21. The van der Waals surface area contributed by atoms with Gasteiger partial charge in [-0.2, -0.15) is 9.36 Å². The number of carbonyl (C=O) groups excluding carboxylic acids is 1. The van der Waals surface area contributed by atoms with Crippen LogP contribution in [0.1, 0.15) is 22.8 Å². The zero-order valence-electron chi connectivity index (χ0n) is 15.3. The average Bonchev–Trinajstić information content (AvgIpc) is 3.24. The molecule has 2 aromatic carbocycles. The molecule has 138 valence electrons. The van der Waals surface area contributed by atoms with E-state index in [1.54, 1.807) is 0 Å². The quantitative estimate of drug-likeness (QED) is 0.694. The number of aromatic nitrogens is 2. The van der Waals surface area contributed by atoms with Gasteiger partial charge >= 0.3 is 0 Å². The van der Waals surface area contributed by atoms with Crippen molar-refractivity contribution in [1.29, 1.82) is 0 Å². The predicted molar refractivity (Wildman–Crippen MR) is 109 cm³/mol. The molecule has 0 spiro atoms. The second-order valence-corrected chi connectivity index (χ2v) is 7.33. The van der Waals surface area contributed by atoms with Crippen molar-refractivity contribution in [3.05, 3.63) is 65.7 Å².